The molecule has 2 unspecified atom stereocenters. The number of thiazole rings is 1. The van der Waals surface area contributed by atoms with E-state index in [1.54, 1.807) is 4.90 Å². The summed E-state index contributed by atoms with van der Waals surface area (Å²) in [4.78, 5) is 18.7. The molecule has 0 spiro atoms. The van der Waals surface area contributed by atoms with Gasteiger partial charge in [-0.05, 0) is 32.1 Å². The van der Waals surface area contributed by atoms with Crippen molar-refractivity contribution in [2.45, 2.75) is 44.2 Å². The van der Waals surface area contributed by atoms with Crippen LogP contribution in [0.4, 0.5) is 0 Å². The predicted molar refractivity (Wildman–Crippen MR) is 75.8 cm³/mol. The van der Waals surface area contributed by atoms with Crippen LogP contribution in [0.2, 0.25) is 0 Å². The van der Waals surface area contributed by atoms with Crippen LogP contribution < -0.4 is 0 Å². The molecule has 2 saturated heterocycles. The summed E-state index contributed by atoms with van der Waals surface area (Å²) in [7, 11) is 0. The van der Waals surface area contributed by atoms with Crippen LogP contribution in [0.15, 0.2) is 5.38 Å². The SMILES string of the molecule is O=C(c1csc(C2CCCO2)n1)N1CCCCC1CO. The third-order valence-electron chi connectivity index (χ3n) is 4.04. The summed E-state index contributed by atoms with van der Waals surface area (Å²) in [5, 5.41) is 12.1. The van der Waals surface area contributed by atoms with E-state index >= 15 is 0 Å². The summed E-state index contributed by atoms with van der Waals surface area (Å²) in [6, 6.07) is -0.0517. The average Bonchev–Trinajstić information content (AvgIpc) is 3.16. The lowest BCUT2D eigenvalue weighted by Gasteiger charge is -2.34. The lowest BCUT2D eigenvalue weighted by Crippen LogP contribution is -2.45. The molecule has 3 heterocycles. The topological polar surface area (TPSA) is 62.7 Å². The van der Waals surface area contributed by atoms with Crippen molar-refractivity contribution in [3.8, 4) is 0 Å². The number of aliphatic hydroxyl groups is 1. The molecule has 110 valence electrons. The summed E-state index contributed by atoms with van der Waals surface area (Å²) in [6.45, 7) is 1.54. The summed E-state index contributed by atoms with van der Waals surface area (Å²) in [5.41, 5.74) is 0.501. The second-order valence-electron chi connectivity index (χ2n) is 5.40. The Labute approximate surface area is 122 Å². The number of carbonyl (C=O) groups excluding carboxylic acids is 1. The number of aromatic nitrogens is 1. The van der Waals surface area contributed by atoms with Crippen LogP contribution in [0, 0.1) is 0 Å². The van der Waals surface area contributed by atoms with E-state index in [1.165, 1.54) is 11.3 Å². The molecule has 0 aliphatic carbocycles. The molecule has 5 nitrogen and oxygen atoms in total. The molecule has 3 rings (SSSR count). The van der Waals surface area contributed by atoms with Crippen LogP contribution in [0.25, 0.3) is 0 Å². The Balaban J connectivity index is 1.72. The Morgan fingerprint density at radius 1 is 1.45 bits per heavy atom. The fourth-order valence-corrected chi connectivity index (χ4v) is 3.79. The van der Waals surface area contributed by atoms with Crippen LogP contribution in [0.1, 0.15) is 53.7 Å². The van der Waals surface area contributed by atoms with E-state index in [4.69, 9.17) is 4.74 Å². The van der Waals surface area contributed by atoms with E-state index in [9.17, 15) is 9.90 Å². The molecule has 20 heavy (non-hydrogen) atoms. The zero-order valence-electron chi connectivity index (χ0n) is 11.5. The summed E-state index contributed by atoms with van der Waals surface area (Å²) >= 11 is 1.50. The van der Waals surface area contributed by atoms with Crippen LogP contribution in [0.3, 0.4) is 0 Å². The highest BCUT2D eigenvalue weighted by molar-refractivity contribution is 7.09. The minimum Gasteiger partial charge on any atom is -0.394 e. The maximum absolute atomic E-state index is 12.5. The van der Waals surface area contributed by atoms with Gasteiger partial charge in [-0.15, -0.1) is 11.3 Å². The van der Waals surface area contributed by atoms with Crippen molar-refractivity contribution in [3.63, 3.8) is 0 Å². The molecule has 2 aliphatic rings. The summed E-state index contributed by atoms with van der Waals surface area (Å²) in [5.74, 6) is -0.0516. The lowest BCUT2D eigenvalue weighted by molar-refractivity contribution is 0.0497. The van der Waals surface area contributed by atoms with Crippen LogP contribution in [-0.2, 0) is 4.74 Å². The van der Waals surface area contributed by atoms with Gasteiger partial charge in [0.2, 0.25) is 0 Å². The van der Waals surface area contributed by atoms with Crippen molar-refractivity contribution in [2.75, 3.05) is 19.8 Å². The van der Waals surface area contributed by atoms with E-state index in [-0.39, 0.29) is 24.7 Å². The van der Waals surface area contributed by atoms with Gasteiger partial charge in [0.1, 0.15) is 16.8 Å². The van der Waals surface area contributed by atoms with Crippen molar-refractivity contribution < 1.29 is 14.6 Å². The number of piperidine rings is 1. The first-order valence-electron chi connectivity index (χ1n) is 7.28. The maximum atomic E-state index is 12.5. The molecule has 2 atom stereocenters. The number of amides is 1. The fourth-order valence-electron chi connectivity index (χ4n) is 2.91. The van der Waals surface area contributed by atoms with Gasteiger partial charge in [-0.1, -0.05) is 0 Å². The van der Waals surface area contributed by atoms with Crippen LogP contribution in [-0.4, -0.2) is 46.7 Å². The molecule has 0 bridgehead atoms. The van der Waals surface area contributed by atoms with Gasteiger partial charge in [0.05, 0.1) is 12.6 Å². The van der Waals surface area contributed by atoms with Gasteiger partial charge in [0.25, 0.3) is 5.91 Å². The largest absolute Gasteiger partial charge is 0.394 e. The van der Waals surface area contributed by atoms with Crippen LogP contribution in [0.5, 0.6) is 0 Å². The number of nitrogens with zero attached hydrogens (tertiary/aromatic N) is 2. The number of aliphatic hydroxyl groups excluding tert-OH is 1. The van der Waals surface area contributed by atoms with Crippen molar-refractivity contribution >= 4 is 17.2 Å². The molecule has 1 aromatic rings. The second kappa shape index (κ2) is 6.20. The highest BCUT2D eigenvalue weighted by Gasteiger charge is 2.29. The first-order chi connectivity index (χ1) is 9.79. The zero-order chi connectivity index (χ0) is 13.9. The van der Waals surface area contributed by atoms with Gasteiger partial charge in [0.15, 0.2) is 0 Å². The average molecular weight is 296 g/mol. The molecule has 0 aromatic carbocycles. The van der Waals surface area contributed by atoms with Crippen LogP contribution >= 0.6 is 11.3 Å². The van der Waals surface area contributed by atoms with Crippen molar-refractivity contribution in [2.24, 2.45) is 0 Å². The van der Waals surface area contributed by atoms with E-state index in [0.29, 0.717) is 5.69 Å². The third kappa shape index (κ3) is 2.73. The van der Waals surface area contributed by atoms with Gasteiger partial charge < -0.3 is 14.7 Å². The lowest BCUT2D eigenvalue weighted by atomic mass is 10.0. The fraction of sp³-hybridized carbons (Fsp3) is 0.714. The van der Waals surface area contributed by atoms with Gasteiger partial charge in [0, 0.05) is 18.5 Å². The minimum absolute atomic E-state index is 0.0362. The molecule has 0 saturated carbocycles. The molecular formula is C14H20N2O3S. The van der Waals surface area contributed by atoms with Crippen molar-refractivity contribution in [1.29, 1.82) is 0 Å². The highest BCUT2D eigenvalue weighted by atomic mass is 32.1. The Morgan fingerprint density at radius 2 is 2.35 bits per heavy atom. The zero-order valence-corrected chi connectivity index (χ0v) is 12.3. The van der Waals surface area contributed by atoms with Crippen molar-refractivity contribution in [1.82, 2.24) is 9.88 Å². The van der Waals surface area contributed by atoms with Gasteiger partial charge in [-0.2, -0.15) is 0 Å². The molecule has 1 amide bonds. The van der Waals surface area contributed by atoms with Gasteiger partial charge in [-0.3, -0.25) is 4.79 Å². The molecule has 2 fully saturated rings. The molecule has 2 aliphatic heterocycles. The number of ether oxygens (including phenoxy) is 1. The Hall–Kier alpha value is -0.980. The van der Waals surface area contributed by atoms with E-state index in [2.05, 4.69) is 4.98 Å². The van der Waals surface area contributed by atoms with E-state index in [0.717, 1.165) is 50.3 Å². The van der Waals surface area contributed by atoms with Crippen molar-refractivity contribution in [3.05, 3.63) is 16.1 Å². The maximum Gasteiger partial charge on any atom is 0.273 e. The normalized spacial score (nSPS) is 26.9. The smallest absolute Gasteiger partial charge is 0.273 e. The van der Waals surface area contributed by atoms with E-state index < -0.39 is 0 Å². The number of likely N-dealkylation sites (tertiary alicyclic amines) is 1. The molecule has 0 radical (unpaired) electrons. The predicted octanol–water partition coefficient (Wildman–Crippen LogP) is 1.98. The number of rotatable bonds is 3. The Morgan fingerprint density at radius 3 is 3.10 bits per heavy atom. The van der Waals surface area contributed by atoms with Gasteiger partial charge in [-0.25, -0.2) is 4.98 Å². The summed E-state index contributed by atoms with van der Waals surface area (Å²) in [6.07, 6.45) is 5.08. The quantitative estimate of drug-likeness (QED) is 0.926. The Kier molecular flexibility index (Phi) is 4.33. The third-order valence-corrected chi connectivity index (χ3v) is 4.98. The van der Waals surface area contributed by atoms with E-state index in [1.807, 2.05) is 5.38 Å². The molecular weight excluding hydrogens is 276 g/mol. The Bertz CT molecular complexity index is 471. The minimum atomic E-state index is -0.0517. The van der Waals surface area contributed by atoms with Gasteiger partial charge >= 0.3 is 0 Å². The molecule has 1 aromatic heterocycles. The standard InChI is InChI=1S/C14H20N2O3S/c17-8-10-4-1-2-6-16(10)14(18)11-9-20-13(15-11)12-5-3-7-19-12/h9-10,12,17H,1-8H2. The second-order valence-corrected chi connectivity index (χ2v) is 6.29. The monoisotopic (exact) mass is 296 g/mol. The molecule has 1 N–H and O–H groups in total. The summed E-state index contributed by atoms with van der Waals surface area (Å²) < 4.78 is 5.60. The number of carbonyl (C=O) groups is 1. The molecule has 6 heteroatoms. The number of hydrogen-bond acceptors (Lipinski definition) is 5. The first kappa shape index (κ1) is 14.0. The highest BCUT2D eigenvalue weighted by Crippen LogP contribution is 2.31. The number of hydrogen-bond donors (Lipinski definition) is 1. The first-order valence-corrected chi connectivity index (χ1v) is 8.16.